The van der Waals surface area contributed by atoms with Gasteiger partial charge in [-0.25, -0.2) is 19.2 Å². The first-order chi connectivity index (χ1) is 21.1. The summed E-state index contributed by atoms with van der Waals surface area (Å²) in [4.78, 5) is 65.3. The van der Waals surface area contributed by atoms with Crippen molar-refractivity contribution in [1.29, 1.82) is 0 Å². The number of nitrogens with one attached hydrogen (secondary N) is 1. The number of aliphatic carboxylic acids is 1. The monoisotopic (exact) mass is 610 g/mol. The van der Waals surface area contributed by atoms with Crippen LogP contribution < -0.4 is 10.2 Å². The van der Waals surface area contributed by atoms with Gasteiger partial charge >= 0.3 is 12.1 Å². The molecule has 236 valence electrons. The van der Waals surface area contributed by atoms with Crippen LogP contribution in [0.4, 0.5) is 15.0 Å². The van der Waals surface area contributed by atoms with Gasteiger partial charge in [-0.3, -0.25) is 14.4 Å². The number of anilines is 1. The molecule has 13 heteroatoms. The van der Waals surface area contributed by atoms with Gasteiger partial charge in [-0.05, 0) is 48.4 Å². The van der Waals surface area contributed by atoms with Crippen molar-refractivity contribution in [3.8, 4) is 11.4 Å². The fourth-order valence-corrected chi connectivity index (χ4v) is 5.95. The molecule has 3 heterocycles. The van der Waals surface area contributed by atoms with Crippen LogP contribution >= 0.6 is 0 Å². The van der Waals surface area contributed by atoms with Crippen LogP contribution in [0.1, 0.15) is 44.1 Å². The Morgan fingerprint density at radius 1 is 1.02 bits per heavy atom. The number of rotatable bonds is 10. The van der Waals surface area contributed by atoms with Gasteiger partial charge in [-0.1, -0.05) is 27.2 Å². The lowest BCUT2D eigenvalue weighted by atomic mass is 10.0. The number of unbranched alkanes of at least 4 members (excludes halogenated alkanes) is 1. The van der Waals surface area contributed by atoms with E-state index in [0.717, 1.165) is 12.8 Å². The van der Waals surface area contributed by atoms with Gasteiger partial charge in [0, 0.05) is 50.9 Å². The Morgan fingerprint density at radius 2 is 1.66 bits per heavy atom. The highest BCUT2D eigenvalue weighted by atomic mass is 19.1. The van der Waals surface area contributed by atoms with Crippen molar-refractivity contribution in [2.45, 2.75) is 39.7 Å². The zero-order chi connectivity index (χ0) is 31.5. The van der Waals surface area contributed by atoms with Gasteiger partial charge in [0.15, 0.2) is 5.82 Å². The number of carbonyl (C=O) groups is 4. The van der Waals surface area contributed by atoms with Gasteiger partial charge in [-0.2, -0.15) is 0 Å². The molecule has 3 amide bonds. The molecule has 1 aromatic heterocycles. The molecule has 3 fully saturated rings. The number of carboxylic acids is 1. The molecule has 2 saturated heterocycles. The molecule has 12 nitrogen and oxygen atoms in total. The summed E-state index contributed by atoms with van der Waals surface area (Å²) in [6, 6.07) is 6.33. The molecule has 1 saturated carbocycles. The number of hydrogen-bond acceptors (Lipinski definition) is 8. The quantitative estimate of drug-likeness (QED) is 0.388. The number of benzene rings is 1. The minimum atomic E-state index is -0.839. The highest BCUT2D eigenvalue weighted by Crippen LogP contribution is 2.52. The predicted octanol–water partition coefficient (Wildman–Crippen LogP) is 2.88. The summed E-state index contributed by atoms with van der Waals surface area (Å²) in [5.41, 5.74) is 0.556. The summed E-state index contributed by atoms with van der Waals surface area (Å²) in [5.74, 6) is -1.89. The van der Waals surface area contributed by atoms with Gasteiger partial charge in [0.1, 0.15) is 23.4 Å². The maximum atomic E-state index is 13.6. The highest BCUT2D eigenvalue weighted by Gasteiger charge is 2.60. The summed E-state index contributed by atoms with van der Waals surface area (Å²) < 4.78 is 18.9. The summed E-state index contributed by atoms with van der Waals surface area (Å²) >= 11 is 0. The first kappa shape index (κ1) is 31.1. The number of fused-ring (bicyclic) bond motifs is 1. The molecule has 0 spiro atoms. The van der Waals surface area contributed by atoms with Crippen LogP contribution in [0.15, 0.2) is 30.3 Å². The maximum absolute atomic E-state index is 13.6. The van der Waals surface area contributed by atoms with Gasteiger partial charge < -0.3 is 29.9 Å². The van der Waals surface area contributed by atoms with E-state index in [1.807, 2.05) is 25.7 Å². The van der Waals surface area contributed by atoms with Gasteiger partial charge in [-0.15, -0.1) is 0 Å². The summed E-state index contributed by atoms with van der Waals surface area (Å²) in [7, 11) is 0. The standard InChI is InChI=1S/C31H39FN6O6/c1-4-5-14-44-31(43)37-12-10-36(11-13-37)29(40)26(18(2)3)35-28(39)23-15-24(38-16-21-22(17-38)25(21)30(41)42)34-27(33-23)19-6-8-20(32)9-7-19/h6-9,15,18,21-22,25-26H,4-5,10-14,16-17H2,1-3H3,(H,35,39)(H,41,42)/t21-,22+,25-,26-/m0/s1. The second-order valence-corrected chi connectivity index (χ2v) is 12.0. The normalized spacial score (nSPS) is 21.6. The Balaban J connectivity index is 1.30. The topological polar surface area (TPSA) is 145 Å². The van der Waals surface area contributed by atoms with Crippen molar-refractivity contribution in [3.05, 3.63) is 41.8 Å². The number of ether oxygens (including phenoxy) is 1. The number of hydrogen-bond donors (Lipinski definition) is 2. The molecular weight excluding hydrogens is 571 g/mol. The molecule has 1 aliphatic carbocycles. The fourth-order valence-electron chi connectivity index (χ4n) is 5.95. The molecule has 0 unspecified atom stereocenters. The van der Waals surface area contributed by atoms with Crippen molar-refractivity contribution in [2.24, 2.45) is 23.7 Å². The number of piperazine rings is 1. The summed E-state index contributed by atoms with van der Waals surface area (Å²) in [6.45, 7) is 8.38. The SMILES string of the molecule is CCCCOC(=O)N1CCN(C(=O)[C@@H](NC(=O)c2cc(N3C[C@@H]4[C@H](C3)[C@@H]4C(=O)O)nc(-c3ccc(F)cc3)n2)C(C)C)CC1. The Bertz CT molecular complexity index is 1380. The largest absolute Gasteiger partial charge is 0.481 e. The molecular formula is C31H39FN6O6. The average Bonchev–Trinajstić information content (AvgIpc) is 3.53. The molecule has 2 aromatic rings. The van der Waals surface area contributed by atoms with E-state index in [0.29, 0.717) is 57.3 Å². The van der Waals surface area contributed by atoms with Gasteiger partial charge in [0.25, 0.3) is 5.91 Å². The number of piperidine rings is 1. The fraction of sp³-hybridized carbons (Fsp3) is 0.548. The lowest BCUT2D eigenvalue weighted by Crippen LogP contribution is -2.57. The van der Waals surface area contributed by atoms with Crippen LogP contribution in [-0.2, 0) is 14.3 Å². The van der Waals surface area contributed by atoms with E-state index in [1.54, 1.807) is 15.9 Å². The molecule has 5 rings (SSSR count). The van der Waals surface area contributed by atoms with Crippen LogP contribution in [-0.4, -0.2) is 101 Å². The second kappa shape index (κ2) is 13.1. The lowest BCUT2D eigenvalue weighted by Gasteiger charge is -2.36. The molecule has 2 aliphatic heterocycles. The van der Waals surface area contributed by atoms with E-state index in [2.05, 4.69) is 15.3 Å². The van der Waals surface area contributed by atoms with Crippen LogP contribution in [0.2, 0.25) is 0 Å². The minimum absolute atomic E-state index is 0.0237. The van der Waals surface area contributed by atoms with Gasteiger partial charge in [0.2, 0.25) is 5.91 Å². The zero-order valence-corrected chi connectivity index (χ0v) is 25.2. The Kier molecular flexibility index (Phi) is 9.31. The number of amides is 3. The average molecular weight is 611 g/mol. The third-order valence-corrected chi connectivity index (χ3v) is 8.64. The van der Waals surface area contributed by atoms with Crippen LogP contribution in [0, 0.1) is 29.5 Å². The number of carbonyl (C=O) groups excluding carboxylic acids is 3. The molecule has 0 bridgehead atoms. The first-order valence-electron chi connectivity index (χ1n) is 15.2. The second-order valence-electron chi connectivity index (χ2n) is 12.0. The predicted molar refractivity (Wildman–Crippen MR) is 158 cm³/mol. The van der Waals surface area contributed by atoms with E-state index < -0.39 is 23.7 Å². The summed E-state index contributed by atoms with van der Waals surface area (Å²) in [5, 5.41) is 12.3. The Hall–Kier alpha value is -4.29. The van der Waals surface area contributed by atoms with E-state index in [9.17, 15) is 28.7 Å². The third kappa shape index (κ3) is 6.76. The number of carboxylic acid groups (broad SMARTS) is 1. The number of nitrogens with zero attached hydrogens (tertiary/aromatic N) is 5. The van der Waals surface area contributed by atoms with E-state index >= 15 is 0 Å². The molecule has 1 aromatic carbocycles. The molecule has 4 atom stereocenters. The van der Waals surface area contributed by atoms with E-state index in [4.69, 9.17) is 4.74 Å². The van der Waals surface area contributed by atoms with Crippen molar-refractivity contribution < 1.29 is 33.4 Å². The van der Waals surface area contributed by atoms with Crippen molar-refractivity contribution in [1.82, 2.24) is 25.1 Å². The lowest BCUT2D eigenvalue weighted by molar-refractivity contribution is -0.139. The van der Waals surface area contributed by atoms with Crippen molar-refractivity contribution >= 4 is 29.7 Å². The Morgan fingerprint density at radius 3 is 2.25 bits per heavy atom. The Labute approximate surface area is 255 Å². The summed E-state index contributed by atoms with van der Waals surface area (Å²) in [6.07, 6.45) is 1.34. The van der Waals surface area contributed by atoms with Crippen LogP contribution in [0.25, 0.3) is 11.4 Å². The minimum Gasteiger partial charge on any atom is -0.481 e. The third-order valence-electron chi connectivity index (χ3n) is 8.64. The van der Waals surface area contributed by atoms with Crippen molar-refractivity contribution in [3.63, 3.8) is 0 Å². The van der Waals surface area contributed by atoms with E-state index in [1.165, 1.54) is 24.3 Å². The van der Waals surface area contributed by atoms with Crippen LogP contribution in [0.3, 0.4) is 0 Å². The van der Waals surface area contributed by atoms with E-state index in [-0.39, 0.29) is 47.2 Å². The molecule has 3 aliphatic rings. The van der Waals surface area contributed by atoms with Crippen molar-refractivity contribution in [2.75, 3.05) is 50.8 Å². The molecule has 0 radical (unpaired) electrons. The van der Waals surface area contributed by atoms with Gasteiger partial charge in [0.05, 0.1) is 12.5 Å². The van der Waals surface area contributed by atoms with Crippen LogP contribution in [0.5, 0.6) is 0 Å². The maximum Gasteiger partial charge on any atom is 0.409 e. The molecule has 44 heavy (non-hydrogen) atoms. The first-order valence-corrected chi connectivity index (χ1v) is 15.2. The number of halogens is 1. The highest BCUT2D eigenvalue weighted by molar-refractivity contribution is 5.97. The smallest absolute Gasteiger partial charge is 0.409 e. The molecule has 2 N–H and O–H groups in total. The zero-order valence-electron chi connectivity index (χ0n) is 25.2. The number of aromatic nitrogens is 2.